The van der Waals surface area contributed by atoms with Crippen LogP contribution in [0.3, 0.4) is 0 Å². The quantitative estimate of drug-likeness (QED) is 0.800. The molecule has 1 aromatic carbocycles. The number of nitrogens with zero attached hydrogens (tertiary/aromatic N) is 4. The lowest BCUT2D eigenvalue weighted by Gasteiger charge is -2.18. The molecule has 0 unspecified atom stereocenters. The van der Waals surface area contributed by atoms with Gasteiger partial charge in [-0.1, -0.05) is 6.07 Å². The van der Waals surface area contributed by atoms with Gasteiger partial charge in [0.2, 0.25) is 0 Å². The molecule has 0 spiro atoms. The van der Waals surface area contributed by atoms with E-state index in [4.69, 9.17) is 0 Å². The minimum Gasteiger partial charge on any atom is -0.508 e. The number of anilines is 1. The zero-order chi connectivity index (χ0) is 17.3. The summed E-state index contributed by atoms with van der Waals surface area (Å²) in [6, 6.07) is 12.2. The Morgan fingerprint density at radius 3 is 2.50 bits per heavy atom. The highest BCUT2D eigenvalue weighted by molar-refractivity contribution is 6.05. The molecule has 6 nitrogen and oxygen atoms in total. The van der Waals surface area contributed by atoms with E-state index in [9.17, 15) is 9.90 Å². The first-order valence-electron chi connectivity index (χ1n) is 7.65. The molecule has 24 heavy (non-hydrogen) atoms. The average Bonchev–Trinajstić information content (AvgIpc) is 2.92. The number of aromatic nitrogens is 2. The van der Waals surface area contributed by atoms with Crippen molar-refractivity contribution in [2.45, 2.75) is 6.54 Å². The van der Waals surface area contributed by atoms with Gasteiger partial charge in [0.25, 0.3) is 5.91 Å². The molecule has 0 aliphatic rings. The van der Waals surface area contributed by atoms with Crippen LogP contribution in [0.1, 0.15) is 16.2 Å². The van der Waals surface area contributed by atoms with E-state index >= 15 is 0 Å². The van der Waals surface area contributed by atoms with Gasteiger partial charge >= 0.3 is 0 Å². The smallest absolute Gasteiger partial charge is 0.278 e. The normalized spacial score (nSPS) is 11.2. The van der Waals surface area contributed by atoms with E-state index in [-0.39, 0.29) is 11.7 Å². The Labute approximate surface area is 140 Å². The Morgan fingerprint density at radius 2 is 1.83 bits per heavy atom. The fraction of sp³-hybridized carbons (Fsp3) is 0.222. The highest BCUT2D eigenvalue weighted by Gasteiger charge is 2.23. The third kappa shape index (κ3) is 2.96. The van der Waals surface area contributed by atoms with Gasteiger partial charge in [-0.15, -0.1) is 0 Å². The molecule has 0 bridgehead atoms. The van der Waals surface area contributed by atoms with Gasteiger partial charge < -0.3 is 19.3 Å². The number of hydrogen-bond acceptors (Lipinski definition) is 4. The number of fused-ring (bicyclic) bond motifs is 1. The molecule has 124 valence electrons. The molecule has 3 rings (SSSR count). The summed E-state index contributed by atoms with van der Waals surface area (Å²) in [5.74, 6) is -0.0122. The van der Waals surface area contributed by atoms with Crippen molar-refractivity contribution in [3.63, 3.8) is 0 Å². The minimum atomic E-state index is -0.179. The van der Waals surface area contributed by atoms with Crippen molar-refractivity contribution in [2.24, 2.45) is 0 Å². The molecule has 0 saturated heterocycles. The number of phenolic OH excluding ortho intramolecular Hbond substituents is 1. The highest BCUT2D eigenvalue weighted by Crippen LogP contribution is 2.21. The van der Waals surface area contributed by atoms with Crippen LogP contribution in [0.25, 0.3) is 5.65 Å². The molecule has 2 heterocycles. The number of pyridine rings is 1. The number of carbonyl (C=O) groups excluding carboxylic acids is 1. The Bertz CT molecular complexity index is 868. The largest absolute Gasteiger partial charge is 0.508 e. The monoisotopic (exact) mass is 324 g/mol. The molecule has 1 N–H and O–H groups in total. The van der Waals surface area contributed by atoms with E-state index in [0.717, 1.165) is 11.3 Å². The Kier molecular flexibility index (Phi) is 4.22. The summed E-state index contributed by atoms with van der Waals surface area (Å²) in [5, 5.41) is 9.41. The van der Waals surface area contributed by atoms with Gasteiger partial charge in [-0.25, -0.2) is 4.98 Å². The van der Waals surface area contributed by atoms with Crippen LogP contribution < -0.4 is 4.90 Å². The standard InChI is InChI=1S/C18H20N4O2/c1-20(2)12-15-17(19-16-6-4-5-11-22(15)16)18(24)21(3)13-7-9-14(23)10-8-13/h4-11,23H,12H2,1-3H3. The first-order valence-corrected chi connectivity index (χ1v) is 7.65. The van der Waals surface area contributed by atoms with Crippen molar-refractivity contribution in [1.29, 1.82) is 0 Å². The highest BCUT2D eigenvalue weighted by atomic mass is 16.3. The number of hydrogen-bond donors (Lipinski definition) is 1. The Morgan fingerprint density at radius 1 is 1.12 bits per heavy atom. The van der Waals surface area contributed by atoms with E-state index in [1.165, 1.54) is 0 Å². The molecule has 0 radical (unpaired) electrons. The van der Waals surface area contributed by atoms with Crippen molar-refractivity contribution >= 4 is 17.2 Å². The van der Waals surface area contributed by atoms with Gasteiger partial charge in [0.05, 0.1) is 5.69 Å². The van der Waals surface area contributed by atoms with Crippen LogP contribution in [0.15, 0.2) is 48.7 Å². The summed E-state index contributed by atoms with van der Waals surface area (Å²) in [7, 11) is 5.62. The van der Waals surface area contributed by atoms with E-state index in [0.29, 0.717) is 17.9 Å². The lowest BCUT2D eigenvalue weighted by molar-refractivity contribution is 0.0987. The fourth-order valence-electron chi connectivity index (χ4n) is 2.62. The van der Waals surface area contributed by atoms with Gasteiger partial charge in [0.1, 0.15) is 11.4 Å². The van der Waals surface area contributed by atoms with Crippen molar-refractivity contribution < 1.29 is 9.90 Å². The molecule has 0 fully saturated rings. The summed E-state index contributed by atoms with van der Waals surface area (Å²) >= 11 is 0. The Hall–Kier alpha value is -2.86. The molecule has 2 aromatic heterocycles. The van der Waals surface area contributed by atoms with Crippen LogP contribution in [0.5, 0.6) is 5.75 Å². The number of aromatic hydroxyl groups is 1. The number of carbonyl (C=O) groups is 1. The summed E-state index contributed by atoms with van der Waals surface area (Å²) in [6.07, 6.45) is 1.92. The maximum atomic E-state index is 13.0. The molecule has 0 atom stereocenters. The summed E-state index contributed by atoms with van der Waals surface area (Å²) < 4.78 is 1.94. The predicted octanol–water partition coefficient (Wildman–Crippen LogP) is 2.38. The third-order valence-corrected chi connectivity index (χ3v) is 3.84. The first-order chi connectivity index (χ1) is 11.5. The third-order valence-electron chi connectivity index (χ3n) is 3.84. The van der Waals surface area contributed by atoms with Crippen LogP contribution in [0, 0.1) is 0 Å². The van der Waals surface area contributed by atoms with Crippen molar-refractivity contribution in [3.05, 3.63) is 60.0 Å². The number of rotatable bonds is 4. The molecule has 0 aliphatic carbocycles. The number of phenols is 1. The lowest BCUT2D eigenvalue weighted by atomic mass is 10.2. The maximum Gasteiger partial charge on any atom is 0.278 e. The molecular weight excluding hydrogens is 304 g/mol. The van der Waals surface area contributed by atoms with Gasteiger partial charge in [-0.3, -0.25) is 4.79 Å². The van der Waals surface area contributed by atoms with Crippen LogP contribution in [0.2, 0.25) is 0 Å². The van der Waals surface area contributed by atoms with E-state index in [1.807, 2.05) is 47.8 Å². The van der Waals surface area contributed by atoms with Gasteiger partial charge in [0.15, 0.2) is 5.69 Å². The number of amides is 1. The second-order valence-electron chi connectivity index (χ2n) is 5.95. The zero-order valence-corrected chi connectivity index (χ0v) is 14.0. The second kappa shape index (κ2) is 6.33. The zero-order valence-electron chi connectivity index (χ0n) is 14.0. The SMILES string of the molecule is CN(C)Cc1c(C(=O)N(C)c2ccc(O)cc2)nc2ccccn12. The van der Waals surface area contributed by atoms with E-state index < -0.39 is 0 Å². The lowest BCUT2D eigenvalue weighted by Crippen LogP contribution is -2.28. The van der Waals surface area contributed by atoms with Crippen LogP contribution >= 0.6 is 0 Å². The predicted molar refractivity (Wildman–Crippen MR) is 93.4 cm³/mol. The second-order valence-corrected chi connectivity index (χ2v) is 5.95. The fourth-order valence-corrected chi connectivity index (χ4v) is 2.62. The summed E-state index contributed by atoms with van der Waals surface area (Å²) in [6.45, 7) is 0.607. The summed E-state index contributed by atoms with van der Waals surface area (Å²) in [5.41, 5.74) is 2.74. The molecular formula is C18H20N4O2. The molecule has 1 amide bonds. The van der Waals surface area contributed by atoms with Gasteiger partial charge in [-0.05, 0) is 50.5 Å². The minimum absolute atomic E-state index is 0.167. The van der Waals surface area contributed by atoms with Gasteiger partial charge in [-0.2, -0.15) is 0 Å². The van der Waals surface area contributed by atoms with Crippen molar-refractivity contribution in [3.8, 4) is 5.75 Å². The average molecular weight is 324 g/mol. The number of benzene rings is 1. The van der Waals surface area contributed by atoms with Crippen molar-refractivity contribution in [2.75, 3.05) is 26.0 Å². The first kappa shape index (κ1) is 16.0. The Balaban J connectivity index is 2.04. The summed E-state index contributed by atoms with van der Waals surface area (Å²) in [4.78, 5) is 21.0. The molecule has 3 aromatic rings. The maximum absolute atomic E-state index is 13.0. The number of imidazole rings is 1. The molecule has 0 aliphatic heterocycles. The van der Waals surface area contributed by atoms with Crippen LogP contribution in [0.4, 0.5) is 5.69 Å². The van der Waals surface area contributed by atoms with Crippen LogP contribution in [-0.4, -0.2) is 46.4 Å². The molecule has 6 heteroatoms. The topological polar surface area (TPSA) is 61.1 Å². The molecule has 0 saturated carbocycles. The van der Waals surface area contributed by atoms with E-state index in [1.54, 1.807) is 36.2 Å². The van der Waals surface area contributed by atoms with Gasteiger partial charge in [0, 0.05) is 25.5 Å². The van der Waals surface area contributed by atoms with Crippen LogP contribution in [-0.2, 0) is 6.54 Å². The van der Waals surface area contributed by atoms with Crippen molar-refractivity contribution in [1.82, 2.24) is 14.3 Å². The van der Waals surface area contributed by atoms with E-state index in [2.05, 4.69) is 4.98 Å².